The van der Waals surface area contributed by atoms with E-state index in [0.29, 0.717) is 6.54 Å². The first-order valence-corrected chi connectivity index (χ1v) is 14.9. The van der Waals surface area contributed by atoms with E-state index in [0.717, 1.165) is 68.3 Å². The first-order valence-electron chi connectivity index (χ1n) is 14.1. The van der Waals surface area contributed by atoms with Crippen LogP contribution in [-0.4, -0.2) is 52.1 Å². The molecule has 2 aliphatic rings. The van der Waals surface area contributed by atoms with E-state index < -0.39 is 0 Å². The minimum absolute atomic E-state index is 0.0989. The lowest BCUT2D eigenvalue weighted by molar-refractivity contribution is 0.247. The molecule has 2 aromatic heterocycles. The molecular weight excluding hydrogens is 516 g/mol. The van der Waals surface area contributed by atoms with E-state index in [1.165, 1.54) is 38.0 Å². The maximum atomic E-state index is 13.6. The quantitative estimate of drug-likeness (QED) is 0.305. The molecule has 1 fully saturated rings. The van der Waals surface area contributed by atoms with Crippen LogP contribution >= 0.6 is 11.3 Å². The van der Waals surface area contributed by atoms with Gasteiger partial charge in [-0.25, -0.2) is 4.98 Å². The van der Waals surface area contributed by atoms with E-state index in [2.05, 4.69) is 70.2 Å². The van der Waals surface area contributed by atoms with Crippen molar-refractivity contribution in [3.8, 4) is 0 Å². The molecule has 7 nitrogen and oxygen atoms in total. The van der Waals surface area contributed by atoms with E-state index in [9.17, 15) is 4.79 Å². The van der Waals surface area contributed by atoms with Gasteiger partial charge in [0.05, 0.1) is 11.7 Å². The van der Waals surface area contributed by atoms with Crippen LogP contribution in [0.3, 0.4) is 0 Å². The van der Waals surface area contributed by atoms with Gasteiger partial charge in [-0.2, -0.15) is 0 Å². The van der Waals surface area contributed by atoms with Gasteiger partial charge in [-0.1, -0.05) is 48.5 Å². The first-order chi connectivity index (χ1) is 19.5. The molecule has 2 N–H and O–H groups in total. The van der Waals surface area contributed by atoms with Crippen molar-refractivity contribution < 1.29 is 0 Å². The lowest BCUT2D eigenvalue weighted by Crippen LogP contribution is -2.47. The number of nitrogens with zero attached hydrogens (tertiary/aromatic N) is 5. The third-order valence-electron chi connectivity index (χ3n) is 8.44. The topological polar surface area (TPSA) is 70.6 Å². The number of thiophene rings is 1. The van der Waals surface area contributed by atoms with Crippen molar-refractivity contribution in [2.75, 3.05) is 43.4 Å². The minimum Gasteiger partial charge on any atom is -0.399 e. The summed E-state index contributed by atoms with van der Waals surface area (Å²) in [6.45, 7) is 10.2. The fourth-order valence-electron chi connectivity index (χ4n) is 6.29. The van der Waals surface area contributed by atoms with Gasteiger partial charge in [-0.3, -0.25) is 19.2 Å². The third kappa shape index (κ3) is 4.66. The Kier molecular flexibility index (Phi) is 6.54. The maximum absolute atomic E-state index is 13.6. The second-order valence-electron chi connectivity index (χ2n) is 11.1. The number of rotatable bonds is 6. The zero-order valence-corrected chi connectivity index (χ0v) is 23.7. The molecule has 0 radical (unpaired) electrons. The van der Waals surface area contributed by atoms with Crippen LogP contribution in [0.5, 0.6) is 0 Å². The predicted molar refractivity (Wildman–Crippen MR) is 165 cm³/mol. The molecule has 7 rings (SSSR count). The monoisotopic (exact) mass is 550 g/mol. The lowest BCUT2D eigenvalue weighted by atomic mass is 10.0. The predicted octanol–water partition coefficient (Wildman–Crippen LogP) is 4.84. The average molecular weight is 551 g/mol. The van der Waals surface area contributed by atoms with Gasteiger partial charge in [0.15, 0.2) is 0 Å². The number of nitrogen functional groups attached to an aromatic ring is 1. The third-order valence-corrected chi connectivity index (χ3v) is 9.57. The number of benzene rings is 3. The van der Waals surface area contributed by atoms with Crippen molar-refractivity contribution in [2.45, 2.75) is 33.1 Å². The lowest BCUT2D eigenvalue weighted by Gasteiger charge is -2.37. The highest BCUT2D eigenvalue weighted by Crippen LogP contribution is 2.35. The number of hydrogen-bond acceptors (Lipinski definition) is 7. The summed E-state index contributed by atoms with van der Waals surface area (Å²) < 4.78 is 1.82. The Morgan fingerprint density at radius 2 is 1.70 bits per heavy atom. The Morgan fingerprint density at radius 3 is 2.52 bits per heavy atom. The van der Waals surface area contributed by atoms with Crippen LogP contribution in [0.15, 0.2) is 71.8 Å². The molecule has 0 spiro atoms. The molecule has 4 heterocycles. The number of piperazine rings is 1. The van der Waals surface area contributed by atoms with Crippen molar-refractivity contribution in [2.24, 2.45) is 0 Å². The Balaban J connectivity index is 1.01. The van der Waals surface area contributed by atoms with Crippen LogP contribution in [0.2, 0.25) is 0 Å². The van der Waals surface area contributed by atoms with Crippen molar-refractivity contribution >= 4 is 43.7 Å². The van der Waals surface area contributed by atoms with Crippen LogP contribution in [-0.2, 0) is 26.2 Å². The van der Waals surface area contributed by atoms with Crippen molar-refractivity contribution in [1.82, 2.24) is 19.4 Å². The number of nitrogens with two attached hydrogens (primary N) is 1. The van der Waals surface area contributed by atoms with Gasteiger partial charge in [0.2, 0.25) is 0 Å². The molecule has 0 amide bonds. The molecule has 204 valence electrons. The molecule has 5 aromatic rings. The fraction of sp³-hybridized carbons (Fsp3) is 0.312. The largest absolute Gasteiger partial charge is 0.399 e. The summed E-state index contributed by atoms with van der Waals surface area (Å²) in [6, 6.07) is 21.2. The minimum atomic E-state index is 0.0989. The number of fused-ring (bicyclic) bond motifs is 4. The zero-order valence-electron chi connectivity index (χ0n) is 22.8. The SMILES string of the molecule is Cc1ccc2ccccc2c1N1CCN(CCn2cnc3sc4c(c3c2=O)CN(Cc2ccc(N)cc2)C4)CC1. The average Bonchev–Trinajstić information content (AvgIpc) is 3.51. The molecule has 0 saturated carbocycles. The van der Waals surface area contributed by atoms with Crippen LogP contribution < -0.4 is 16.2 Å². The second kappa shape index (κ2) is 10.4. The van der Waals surface area contributed by atoms with Crippen LogP contribution in [0.1, 0.15) is 21.6 Å². The summed E-state index contributed by atoms with van der Waals surface area (Å²) >= 11 is 1.67. The molecule has 0 aliphatic carbocycles. The standard InChI is InChI=1S/C32H34N6OS/c1-22-6-9-24-4-2-3-5-26(24)30(22)37-15-12-35(13-16-37)14-17-38-21-34-31-29(32(38)39)27-19-36(20-28(27)40-31)18-23-7-10-25(33)11-8-23/h2-11,21H,12-20,33H2,1H3. The number of hydrogen-bond donors (Lipinski definition) is 1. The normalized spacial score (nSPS) is 16.3. The Bertz CT molecular complexity index is 1750. The summed E-state index contributed by atoms with van der Waals surface area (Å²) in [5.41, 5.74) is 11.8. The van der Waals surface area contributed by atoms with Crippen LogP contribution in [0.4, 0.5) is 11.4 Å². The van der Waals surface area contributed by atoms with Gasteiger partial charge < -0.3 is 10.6 Å². The highest BCUT2D eigenvalue weighted by Gasteiger charge is 2.27. The Labute approximate surface area is 238 Å². The Hall–Kier alpha value is -3.72. The number of aromatic nitrogens is 2. The molecular formula is C32H34N6OS. The molecule has 2 aliphatic heterocycles. The summed E-state index contributed by atoms with van der Waals surface area (Å²) in [5.74, 6) is 0. The van der Waals surface area contributed by atoms with E-state index in [-0.39, 0.29) is 5.56 Å². The molecule has 8 heteroatoms. The molecule has 0 unspecified atom stereocenters. The molecule has 1 saturated heterocycles. The summed E-state index contributed by atoms with van der Waals surface area (Å²) in [4.78, 5) is 27.8. The van der Waals surface area contributed by atoms with E-state index in [1.54, 1.807) is 17.7 Å². The van der Waals surface area contributed by atoms with Crippen molar-refractivity contribution in [3.63, 3.8) is 0 Å². The van der Waals surface area contributed by atoms with Crippen LogP contribution in [0, 0.1) is 6.92 Å². The van der Waals surface area contributed by atoms with E-state index >= 15 is 0 Å². The molecule has 40 heavy (non-hydrogen) atoms. The molecule has 0 bridgehead atoms. The van der Waals surface area contributed by atoms with Gasteiger partial charge in [0.25, 0.3) is 5.56 Å². The Morgan fingerprint density at radius 1 is 0.900 bits per heavy atom. The number of aryl methyl sites for hydroxylation is 1. The smallest absolute Gasteiger partial charge is 0.262 e. The van der Waals surface area contributed by atoms with Crippen molar-refractivity contribution in [3.05, 3.63) is 98.9 Å². The van der Waals surface area contributed by atoms with E-state index in [4.69, 9.17) is 10.7 Å². The van der Waals surface area contributed by atoms with Gasteiger partial charge >= 0.3 is 0 Å². The van der Waals surface area contributed by atoms with Gasteiger partial charge in [-0.05, 0) is 41.1 Å². The van der Waals surface area contributed by atoms with Gasteiger partial charge in [0, 0.05) is 80.5 Å². The highest BCUT2D eigenvalue weighted by molar-refractivity contribution is 7.18. The summed E-state index contributed by atoms with van der Waals surface area (Å²) in [5, 5.41) is 3.44. The molecule has 3 aromatic carbocycles. The van der Waals surface area contributed by atoms with Gasteiger partial charge in [0.1, 0.15) is 4.83 Å². The highest BCUT2D eigenvalue weighted by atomic mass is 32.1. The van der Waals surface area contributed by atoms with Crippen LogP contribution in [0.25, 0.3) is 21.0 Å². The maximum Gasteiger partial charge on any atom is 0.262 e. The summed E-state index contributed by atoms with van der Waals surface area (Å²) in [6.07, 6.45) is 1.75. The first kappa shape index (κ1) is 25.3. The van der Waals surface area contributed by atoms with Crippen molar-refractivity contribution in [1.29, 1.82) is 0 Å². The zero-order chi connectivity index (χ0) is 27.2. The molecule has 0 atom stereocenters. The fourth-order valence-corrected chi connectivity index (χ4v) is 7.47. The van der Waals surface area contributed by atoms with E-state index in [1.807, 2.05) is 16.7 Å². The van der Waals surface area contributed by atoms with Gasteiger partial charge in [-0.15, -0.1) is 11.3 Å². The summed E-state index contributed by atoms with van der Waals surface area (Å²) in [7, 11) is 0. The second-order valence-corrected chi connectivity index (χ2v) is 12.2. The number of anilines is 2.